The maximum atomic E-state index is 13.9. The highest BCUT2D eigenvalue weighted by Crippen LogP contribution is 2.36. The predicted molar refractivity (Wildman–Crippen MR) is 99.6 cm³/mol. The molecular weight excluding hydrogens is 331 g/mol. The molecule has 5 nitrogen and oxygen atoms in total. The van der Waals surface area contributed by atoms with Gasteiger partial charge in [-0.3, -0.25) is 4.98 Å². The Morgan fingerprint density at radius 2 is 2.08 bits per heavy atom. The van der Waals surface area contributed by atoms with Crippen LogP contribution in [0.5, 0.6) is 5.75 Å². The van der Waals surface area contributed by atoms with Crippen LogP contribution in [0.2, 0.25) is 0 Å². The molecule has 130 valence electrons. The molecule has 0 saturated carbocycles. The van der Waals surface area contributed by atoms with Crippen LogP contribution in [0.4, 0.5) is 10.2 Å². The number of nitrogens with one attached hydrogen (secondary N) is 2. The second-order valence-corrected chi connectivity index (χ2v) is 5.85. The number of benzene rings is 1. The van der Waals surface area contributed by atoms with Crippen molar-refractivity contribution in [1.82, 2.24) is 15.0 Å². The molecule has 0 unspecified atom stereocenters. The third-order valence-electron chi connectivity index (χ3n) is 4.18. The summed E-state index contributed by atoms with van der Waals surface area (Å²) in [6, 6.07) is 12.2. The van der Waals surface area contributed by atoms with Crippen LogP contribution in [0.25, 0.3) is 22.2 Å². The number of H-pyrrole nitrogens is 1. The summed E-state index contributed by atoms with van der Waals surface area (Å²) < 4.78 is 19.3. The summed E-state index contributed by atoms with van der Waals surface area (Å²) in [5.41, 5.74) is 3.30. The summed E-state index contributed by atoms with van der Waals surface area (Å²) in [7, 11) is 1.58. The van der Waals surface area contributed by atoms with Gasteiger partial charge in [-0.25, -0.2) is 9.37 Å². The van der Waals surface area contributed by atoms with E-state index in [1.165, 1.54) is 12.1 Å². The van der Waals surface area contributed by atoms with Gasteiger partial charge in [0.25, 0.3) is 0 Å². The van der Waals surface area contributed by atoms with Crippen LogP contribution >= 0.6 is 0 Å². The summed E-state index contributed by atoms with van der Waals surface area (Å²) in [5.74, 6) is 0.981. The van der Waals surface area contributed by atoms with Gasteiger partial charge in [-0.05, 0) is 42.0 Å². The minimum absolute atomic E-state index is 0.314. The van der Waals surface area contributed by atoms with E-state index >= 15 is 0 Å². The van der Waals surface area contributed by atoms with Crippen molar-refractivity contribution in [2.75, 3.05) is 12.4 Å². The van der Waals surface area contributed by atoms with Crippen molar-refractivity contribution >= 4 is 16.9 Å². The molecule has 0 fully saturated rings. The molecule has 0 aliphatic rings. The summed E-state index contributed by atoms with van der Waals surface area (Å²) in [6.07, 6.45) is 5.36. The molecule has 0 aliphatic heterocycles. The van der Waals surface area contributed by atoms with Crippen molar-refractivity contribution in [1.29, 1.82) is 0 Å². The van der Waals surface area contributed by atoms with Gasteiger partial charge in [-0.15, -0.1) is 0 Å². The maximum Gasteiger partial charge on any atom is 0.140 e. The monoisotopic (exact) mass is 348 g/mol. The van der Waals surface area contributed by atoms with Gasteiger partial charge < -0.3 is 15.0 Å². The molecule has 0 amide bonds. The molecule has 3 heterocycles. The van der Waals surface area contributed by atoms with Gasteiger partial charge in [0, 0.05) is 41.6 Å². The van der Waals surface area contributed by atoms with Crippen molar-refractivity contribution < 1.29 is 9.13 Å². The maximum absolute atomic E-state index is 13.9. The second-order valence-electron chi connectivity index (χ2n) is 5.85. The smallest absolute Gasteiger partial charge is 0.140 e. The first-order chi connectivity index (χ1) is 12.7. The first-order valence-corrected chi connectivity index (χ1v) is 8.19. The lowest BCUT2D eigenvalue weighted by molar-refractivity contribution is 0.415. The Balaban J connectivity index is 1.77. The number of fused-ring (bicyclic) bond motifs is 1. The molecule has 0 aliphatic carbocycles. The van der Waals surface area contributed by atoms with Gasteiger partial charge in [0.2, 0.25) is 0 Å². The second kappa shape index (κ2) is 6.84. The Kier molecular flexibility index (Phi) is 4.23. The van der Waals surface area contributed by atoms with E-state index < -0.39 is 0 Å². The average Bonchev–Trinajstić information content (AvgIpc) is 3.15. The van der Waals surface area contributed by atoms with Crippen molar-refractivity contribution in [3.8, 4) is 16.9 Å². The minimum atomic E-state index is -0.314. The molecule has 0 radical (unpaired) electrons. The predicted octanol–water partition coefficient (Wildman–Crippen LogP) is 4.38. The van der Waals surface area contributed by atoms with Crippen LogP contribution in [0.3, 0.4) is 0 Å². The highest BCUT2D eigenvalue weighted by Gasteiger charge is 2.14. The molecular formula is C20H17FN4O. The highest BCUT2D eigenvalue weighted by atomic mass is 19.1. The molecule has 0 saturated heterocycles. The van der Waals surface area contributed by atoms with E-state index in [-0.39, 0.29) is 5.82 Å². The zero-order valence-corrected chi connectivity index (χ0v) is 14.2. The van der Waals surface area contributed by atoms with E-state index in [0.29, 0.717) is 23.7 Å². The first kappa shape index (κ1) is 16.1. The Bertz CT molecular complexity index is 1050. The topological polar surface area (TPSA) is 62.8 Å². The molecule has 0 atom stereocenters. The number of nitrogens with zero attached hydrogens (tertiary/aromatic N) is 2. The molecule has 2 N–H and O–H groups in total. The number of hydrogen-bond donors (Lipinski definition) is 2. The van der Waals surface area contributed by atoms with Crippen LogP contribution in [-0.4, -0.2) is 22.1 Å². The quantitative estimate of drug-likeness (QED) is 0.562. The number of aromatic amines is 1. The van der Waals surface area contributed by atoms with Crippen LogP contribution in [0, 0.1) is 5.82 Å². The zero-order valence-electron chi connectivity index (χ0n) is 14.2. The first-order valence-electron chi connectivity index (χ1n) is 8.19. The molecule has 0 bridgehead atoms. The molecule has 4 rings (SSSR count). The summed E-state index contributed by atoms with van der Waals surface area (Å²) in [5, 5.41) is 4.20. The number of halogens is 1. The number of rotatable bonds is 5. The van der Waals surface area contributed by atoms with Gasteiger partial charge in [-0.2, -0.15) is 0 Å². The third-order valence-corrected chi connectivity index (χ3v) is 4.18. The van der Waals surface area contributed by atoms with E-state index in [1.807, 2.05) is 30.5 Å². The Hall–Kier alpha value is -3.41. The summed E-state index contributed by atoms with van der Waals surface area (Å²) in [4.78, 5) is 11.8. The van der Waals surface area contributed by atoms with Crippen molar-refractivity contribution in [2.24, 2.45) is 0 Å². The molecule has 0 spiro atoms. The average molecular weight is 348 g/mol. The molecule has 26 heavy (non-hydrogen) atoms. The summed E-state index contributed by atoms with van der Waals surface area (Å²) >= 11 is 0. The SMILES string of the molecule is COc1ccc(F)cc1-c1cc(NCc2cccnc2)nc2[nH]ccc12. The largest absolute Gasteiger partial charge is 0.496 e. The molecule has 1 aromatic carbocycles. The third kappa shape index (κ3) is 3.09. The van der Waals surface area contributed by atoms with Crippen molar-refractivity contribution in [3.05, 3.63) is 72.4 Å². The normalized spacial score (nSPS) is 10.8. The van der Waals surface area contributed by atoms with E-state index in [0.717, 1.165) is 22.2 Å². The Labute approximate surface area is 149 Å². The molecule has 3 aromatic heterocycles. The van der Waals surface area contributed by atoms with E-state index in [4.69, 9.17) is 4.74 Å². The molecule has 4 aromatic rings. The Morgan fingerprint density at radius 3 is 2.88 bits per heavy atom. The van der Waals surface area contributed by atoms with Gasteiger partial charge in [0.1, 0.15) is 23.0 Å². The summed E-state index contributed by atoms with van der Waals surface area (Å²) in [6.45, 7) is 0.590. The zero-order chi connectivity index (χ0) is 17.9. The van der Waals surface area contributed by atoms with Gasteiger partial charge >= 0.3 is 0 Å². The lowest BCUT2D eigenvalue weighted by Crippen LogP contribution is -2.02. The van der Waals surface area contributed by atoms with E-state index in [2.05, 4.69) is 20.3 Å². The minimum Gasteiger partial charge on any atom is -0.496 e. The van der Waals surface area contributed by atoms with Gasteiger partial charge in [0.15, 0.2) is 0 Å². The van der Waals surface area contributed by atoms with Crippen LogP contribution in [-0.2, 0) is 6.54 Å². The fraction of sp³-hybridized carbons (Fsp3) is 0.100. The fourth-order valence-corrected chi connectivity index (χ4v) is 2.94. The molecule has 6 heteroatoms. The van der Waals surface area contributed by atoms with E-state index in [9.17, 15) is 4.39 Å². The number of aromatic nitrogens is 3. The van der Waals surface area contributed by atoms with Crippen molar-refractivity contribution in [3.63, 3.8) is 0 Å². The lowest BCUT2D eigenvalue weighted by Gasteiger charge is -2.12. The number of anilines is 1. The highest BCUT2D eigenvalue weighted by molar-refractivity contribution is 5.96. The number of methoxy groups -OCH3 is 1. The van der Waals surface area contributed by atoms with Crippen LogP contribution in [0.15, 0.2) is 61.1 Å². The van der Waals surface area contributed by atoms with Crippen LogP contribution in [0.1, 0.15) is 5.56 Å². The number of hydrogen-bond acceptors (Lipinski definition) is 4. The van der Waals surface area contributed by atoms with Crippen LogP contribution < -0.4 is 10.1 Å². The standard InChI is InChI=1S/C20H17FN4O/c1-26-18-5-4-14(21)9-17(18)16-10-19(25-20-15(16)6-8-23-20)24-12-13-3-2-7-22-11-13/h2-11H,12H2,1H3,(H2,23,24,25). The fourth-order valence-electron chi connectivity index (χ4n) is 2.94. The van der Waals surface area contributed by atoms with Crippen molar-refractivity contribution in [2.45, 2.75) is 6.54 Å². The van der Waals surface area contributed by atoms with Gasteiger partial charge in [0.05, 0.1) is 7.11 Å². The Morgan fingerprint density at radius 1 is 1.15 bits per heavy atom. The number of ether oxygens (including phenoxy) is 1. The van der Waals surface area contributed by atoms with Gasteiger partial charge in [-0.1, -0.05) is 6.07 Å². The van der Waals surface area contributed by atoms with E-state index in [1.54, 1.807) is 25.6 Å². The lowest BCUT2D eigenvalue weighted by atomic mass is 10.0. The number of pyridine rings is 2.